The summed E-state index contributed by atoms with van der Waals surface area (Å²) in [6, 6.07) is 2.70. The van der Waals surface area contributed by atoms with E-state index in [-0.39, 0.29) is 17.9 Å². The largest absolute Gasteiger partial charge is 0.486 e. The minimum absolute atomic E-state index is 0.0937. The number of aldehydes is 1. The zero-order valence-corrected chi connectivity index (χ0v) is 13.9. The third kappa shape index (κ3) is 2.75. The highest BCUT2D eigenvalue weighted by Crippen LogP contribution is 2.40. The molecule has 2 aromatic rings. The molecule has 1 N–H and O–H groups in total. The summed E-state index contributed by atoms with van der Waals surface area (Å²) in [7, 11) is 0. The predicted octanol–water partition coefficient (Wildman–Crippen LogP) is 2.90. The van der Waals surface area contributed by atoms with Crippen LogP contribution >= 0.6 is 0 Å². The number of fused-ring (bicyclic) bond motifs is 3. The van der Waals surface area contributed by atoms with Gasteiger partial charge in [0.1, 0.15) is 18.8 Å². The Labute approximate surface area is 147 Å². The number of rotatable bonds is 1. The van der Waals surface area contributed by atoms with Gasteiger partial charge in [0.2, 0.25) is 5.56 Å². The number of carbonyl (C=O) groups excluding carboxylic acids is 1. The molecule has 6 nitrogen and oxygen atoms in total. The number of carbonyl (C=O) groups is 1. The number of nitrogens with zero attached hydrogens (tertiary/aromatic N) is 2. The Morgan fingerprint density at radius 3 is 2.92 bits per heavy atom. The van der Waals surface area contributed by atoms with E-state index in [2.05, 4.69) is 10.1 Å². The summed E-state index contributed by atoms with van der Waals surface area (Å²) in [6.07, 6.45) is 5.40. The number of hydrogen-bond acceptors (Lipinski definition) is 4. The summed E-state index contributed by atoms with van der Waals surface area (Å²) in [4.78, 5) is 25.2. The lowest BCUT2D eigenvalue weighted by Crippen LogP contribution is -2.30. The Morgan fingerprint density at radius 2 is 2.12 bits per heavy atom. The van der Waals surface area contributed by atoms with Gasteiger partial charge >= 0.3 is 5.92 Å². The van der Waals surface area contributed by atoms with E-state index in [0.717, 1.165) is 42.9 Å². The van der Waals surface area contributed by atoms with E-state index in [1.165, 1.54) is 10.9 Å². The van der Waals surface area contributed by atoms with Gasteiger partial charge in [0.15, 0.2) is 12.0 Å². The van der Waals surface area contributed by atoms with Gasteiger partial charge in [0, 0.05) is 12.3 Å². The fourth-order valence-electron chi connectivity index (χ4n) is 3.65. The van der Waals surface area contributed by atoms with Gasteiger partial charge in [-0.05, 0) is 42.9 Å². The first-order valence-electron chi connectivity index (χ1n) is 8.46. The Kier molecular flexibility index (Phi) is 3.97. The zero-order valence-electron chi connectivity index (χ0n) is 13.9. The second-order valence-electron chi connectivity index (χ2n) is 6.57. The van der Waals surface area contributed by atoms with Crippen LogP contribution in [0.5, 0.6) is 5.75 Å². The molecule has 1 aliphatic heterocycles. The highest BCUT2D eigenvalue weighted by atomic mass is 19.3. The smallest absolute Gasteiger partial charge is 0.310 e. The van der Waals surface area contributed by atoms with Gasteiger partial charge in [-0.3, -0.25) is 14.3 Å². The van der Waals surface area contributed by atoms with Crippen LogP contribution in [-0.4, -0.2) is 27.7 Å². The quantitative estimate of drug-likeness (QED) is 0.793. The Morgan fingerprint density at radius 1 is 1.31 bits per heavy atom. The number of hydrogen-bond donors (Lipinski definition) is 1. The molecule has 3 heterocycles. The number of allylic oxidation sites excluding steroid dienone is 1. The van der Waals surface area contributed by atoms with E-state index in [9.17, 15) is 18.4 Å². The highest BCUT2D eigenvalue weighted by molar-refractivity contribution is 5.80. The average Bonchev–Trinajstić information content (AvgIpc) is 3.06. The number of aromatic amines is 1. The van der Waals surface area contributed by atoms with Crippen molar-refractivity contribution in [1.29, 1.82) is 0 Å². The number of ether oxygens (including phenoxy) is 1. The molecular formula is C18H17F2N3O3. The SMILES string of the molecule is O=Cc1cc(=O)[nH]c2c1OCC1=C(CCCC1)c1ccnn1CC2(F)F. The molecule has 4 rings (SSSR count). The van der Waals surface area contributed by atoms with Gasteiger partial charge in [0.05, 0.1) is 11.3 Å². The first-order chi connectivity index (χ1) is 12.5. The second-order valence-corrected chi connectivity index (χ2v) is 6.57. The number of alkyl halides is 2. The molecule has 8 heteroatoms. The molecule has 0 radical (unpaired) electrons. The molecule has 0 saturated heterocycles. The van der Waals surface area contributed by atoms with Crippen molar-refractivity contribution >= 4 is 11.9 Å². The van der Waals surface area contributed by atoms with Crippen LogP contribution in [0, 0.1) is 0 Å². The molecule has 0 aromatic carbocycles. The summed E-state index contributed by atoms with van der Waals surface area (Å²) in [5.41, 5.74) is 1.00. The second kappa shape index (κ2) is 6.19. The molecule has 26 heavy (non-hydrogen) atoms. The third-order valence-electron chi connectivity index (χ3n) is 4.86. The van der Waals surface area contributed by atoms with Crippen molar-refractivity contribution in [2.45, 2.75) is 38.2 Å². The minimum Gasteiger partial charge on any atom is -0.486 e. The molecule has 2 aromatic heterocycles. The van der Waals surface area contributed by atoms with E-state index >= 15 is 0 Å². The molecular weight excluding hydrogens is 344 g/mol. The van der Waals surface area contributed by atoms with Crippen LogP contribution in [0.4, 0.5) is 8.78 Å². The number of pyridine rings is 1. The van der Waals surface area contributed by atoms with Crippen molar-refractivity contribution in [3.63, 3.8) is 0 Å². The van der Waals surface area contributed by atoms with E-state index < -0.39 is 23.7 Å². The maximum atomic E-state index is 15.0. The van der Waals surface area contributed by atoms with Gasteiger partial charge in [-0.25, -0.2) is 0 Å². The first kappa shape index (κ1) is 16.7. The first-order valence-corrected chi connectivity index (χ1v) is 8.46. The molecule has 1 aliphatic carbocycles. The van der Waals surface area contributed by atoms with Crippen LogP contribution < -0.4 is 10.3 Å². The Hall–Kier alpha value is -2.77. The fourth-order valence-corrected chi connectivity index (χ4v) is 3.65. The predicted molar refractivity (Wildman–Crippen MR) is 89.5 cm³/mol. The van der Waals surface area contributed by atoms with Gasteiger partial charge < -0.3 is 9.72 Å². The van der Waals surface area contributed by atoms with Crippen molar-refractivity contribution in [2.75, 3.05) is 6.61 Å². The van der Waals surface area contributed by atoms with Crippen LogP contribution in [0.25, 0.3) is 5.57 Å². The molecule has 2 aliphatic rings. The van der Waals surface area contributed by atoms with Crippen LogP contribution in [0.3, 0.4) is 0 Å². The van der Waals surface area contributed by atoms with E-state index in [0.29, 0.717) is 12.0 Å². The molecule has 0 spiro atoms. The summed E-state index contributed by atoms with van der Waals surface area (Å²) < 4.78 is 36.9. The molecule has 0 fully saturated rings. The van der Waals surface area contributed by atoms with E-state index in [1.54, 1.807) is 6.07 Å². The Balaban J connectivity index is 1.94. The molecule has 0 amide bonds. The lowest BCUT2D eigenvalue weighted by atomic mass is 9.90. The van der Waals surface area contributed by atoms with Crippen molar-refractivity contribution in [2.24, 2.45) is 0 Å². The number of nitrogens with one attached hydrogen (secondary N) is 1. The van der Waals surface area contributed by atoms with Gasteiger partial charge in [-0.1, -0.05) is 0 Å². The molecule has 136 valence electrons. The number of aromatic nitrogens is 3. The summed E-state index contributed by atoms with van der Waals surface area (Å²) >= 11 is 0. The fraction of sp³-hybridized carbons (Fsp3) is 0.389. The van der Waals surface area contributed by atoms with Crippen LogP contribution in [0.2, 0.25) is 0 Å². The Bertz CT molecular complexity index is 959. The van der Waals surface area contributed by atoms with Gasteiger partial charge in [0.25, 0.3) is 0 Å². The normalized spacial score (nSPS) is 19.0. The molecule has 0 bridgehead atoms. The van der Waals surface area contributed by atoms with Crippen molar-refractivity contribution in [3.05, 3.63) is 51.2 Å². The van der Waals surface area contributed by atoms with Crippen LogP contribution in [0.1, 0.15) is 47.4 Å². The van der Waals surface area contributed by atoms with Gasteiger partial charge in [-0.2, -0.15) is 13.9 Å². The average molecular weight is 361 g/mol. The van der Waals surface area contributed by atoms with E-state index in [1.807, 2.05) is 0 Å². The number of halogens is 2. The number of H-pyrrole nitrogens is 1. The minimum atomic E-state index is -3.46. The van der Waals surface area contributed by atoms with Crippen molar-refractivity contribution < 1.29 is 18.3 Å². The van der Waals surface area contributed by atoms with Crippen molar-refractivity contribution in [3.8, 4) is 5.75 Å². The molecule has 0 atom stereocenters. The summed E-state index contributed by atoms with van der Waals surface area (Å²) in [6.45, 7) is -0.656. The van der Waals surface area contributed by atoms with Crippen molar-refractivity contribution in [1.82, 2.24) is 14.8 Å². The summed E-state index contributed by atoms with van der Waals surface area (Å²) in [5, 5.41) is 4.06. The van der Waals surface area contributed by atoms with Crippen LogP contribution in [-0.2, 0) is 12.5 Å². The lowest BCUT2D eigenvalue weighted by Gasteiger charge is -2.27. The molecule has 0 saturated carbocycles. The highest BCUT2D eigenvalue weighted by Gasteiger charge is 2.40. The van der Waals surface area contributed by atoms with E-state index in [4.69, 9.17) is 4.74 Å². The third-order valence-corrected chi connectivity index (χ3v) is 4.86. The standard InChI is InChI=1S/C18H17F2N3O3/c19-18(20)10-23-14(5-6-21-23)13-4-2-1-3-11(13)9-26-16-12(8-24)7-15(25)22-17(16)18/h5-8H,1-4,9-10H2,(H,22,25). The topological polar surface area (TPSA) is 77.0 Å². The lowest BCUT2D eigenvalue weighted by molar-refractivity contribution is -0.0326. The maximum Gasteiger partial charge on any atom is 0.310 e. The summed E-state index contributed by atoms with van der Waals surface area (Å²) in [5.74, 6) is -3.72. The van der Waals surface area contributed by atoms with Crippen LogP contribution in [0.15, 0.2) is 28.7 Å². The zero-order chi connectivity index (χ0) is 18.3. The molecule has 0 unspecified atom stereocenters. The van der Waals surface area contributed by atoms with Gasteiger partial charge in [-0.15, -0.1) is 0 Å². The maximum absolute atomic E-state index is 15.0. The monoisotopic (exact) mass is 361 g/mol.